The van der Waals surface area contributed by atoms with Crippen LogP contribution in [0.5, 0.6) is 0 Å². The van der Waals surface area contributed by atoms with Crippen LogP contribution in [0.25, 0.3) is 0 Å². The molecular formula is C26H46N4O4. The summed E-state index contributed by atoms with van der Waals surface area (Å²) in [5, 5.41) is 29.3. The summed E-state index contributed by atoms with van der Waals surface area (Å²) in [6.07, 6.45) is 19.0. The van der Waals surface area contributed by atoms with Crippen LogP contribution in [0.1, 0.15) is 117 Å². The normalized spacial score (nSPS) is 10.9. The van der Waals surface area contributed by atoms with Crippen LogP contribution in [0.15, 0.2) is 12.1 Å². The van der Waals surface area contributed by atoms with Gasteiger partial charge in [-0.1, -0.05) is 104 Å². The zero-order chi connectivity index (χ0) is 25.0. The van der Waals surface area contributed by atoms with E-state index in [-0.39, 0.29) is 11.4 Å². The number of unbranched alkanes of at least 4 members (excludes halogenated alkanes) is 14. The fourth-order valence-corrected chi connectivity index (χ4v) is 4.13. The molecule has 0 aliphatic rings. The SMILES string of the molecule is CCCCCCCCCCNc1cc(NCCCCCCCCCC)c([N+](=O)[O-])cc1[N+](=O)[O-]. The molecule has 0 radical (unpaired) electrons. The summed E-state index contributed by atoms with van der Waals surface area (Å²) in [4.78, 5) is 21.9. The van der Waals surface area contributed by atoms with Gasteiger partial charge in [0, 0.05) is 13.1 Å². The molecule has 0 spiro atoms. The molecule has 0 heterocycles. The molecule has 1 rings (SSSR count). The first-order chi connectivity index (χ1) is 16.5. The summed E-state index contributed by atoms with van der Waals surface area (Å²) >= 11 is 0. The predicted molar refractivity (Wildman–Crippen MR) is 142 cm³/mol. The van der Waals surface area contributed by atoms with Crippen molar-refractivity contribution in [2.24, 2.45) is 0 Å². The highest BCUT2D eigenvalue weighted by Gasteiger charge is 2.24. The van der Waals surface area contributed by atoms with Crippen molar-refractivity contribution in [2.45, 2.75) is 117 Å². The van der Waals surface area contributed by atoms with Crippen molar-refractivity contribution in [1.29, 1.82) is 0 Å². The van der Waals surface area contributed by atoms with Crippen molar-refractivity contribution >= 4 is 22.7 Å². The summed E-state index contributed by atoms with van der Waals surface area (Å²) in [7, 11) is 0. The average molecular weight is 479 g/mol. The second kappa shape index (κ2) is 19.0. The van der Waals surface area contributed by atoms with Crippen molar-refractivity contribution in [3.05, 3.63) is 32.4 Å². The molecule has 0 atom stereocenters. The lowest BCUT2D eigenvalue weighted by atomic mass is 10.1. The van der Waals surface area contributed by atoms with Crippen LogP contribution in [0.2, 0.25) is 0 Å². The van der Waals surface area contributed by atoms with Crippen LogP contribution in [0.3, 0.4) is 0 Å². The number of nitro benzene ring substituents is 2. The summed E-state index contributed by atoms with van der Waals surface area (Å²) in [5.74, 6) is 0. The fraction of sp³-hybridized carbons (Fsp3) is 0.769. The van der Waals surface area contributed by atoms with Gasteiger partial charge in [-0.2, -0.15) is 0 Å². The highest BCUT2D eigenvalue weighted by molar-refractivity contribution is 5.76. The van der Waals surface area contributed by atoms with Gasteiger partial charge >= 0.3 is 0 Å². The molecule has 1 aromatic rings. The maximum absolute atomic E-state index is 11.5. The Hall–Kier alpha value is -2.38. The summed E-state index contributed by atoms with van der Waals surface area (Å²) in [6.45, 7) is 5.65. The molecule has 0 amide bonds. The standard InChI is InChI=1S/C26H46N4O4/c1-3-5-7-9-11-13-15-17-19-27-23-21-24(26(30(33)34)22-25(23)29(31)32)28-20-18-16-14-12-10-8-6-4-2/h21-22,27-28H,3-20H2,1-2H3. The Bertz CT molecular complexity index is 657. The van der Waals surface area contributed by atoms with Gasteiger partial charge in [-0.15, -0.1) is 0 Å². The molecule has 0 saturated carbocycles. The Balaban J connectivity index is 2.55. The fourth-order valence-electron chi connectivity index (χ4n) is 4.13. The highest BCUT2D eigenvalue weighted by Crippen LogP contribution is 2.36. The Morgan fingerprint density at radius 3 is 1.21 bits per heavy atom. The first kappa shape index (κ1) is 29.7. The van der Waals surface area contributed by atoms with E-state index in [1.165, 1.54) is 83.1 Å². The average Bonchev–Trinajstić information content (AvgIpc) is 2.81. The quantitative estimate of drug-likeness (QED) is 0.0980. The van der Waals surface area contributed by atoms with Gasteiger partial charge in [-0.25, -0.2) is 0 Å². The largest absolute Gasteiger partial charge is 0.379 e. The first-order valence-electron chi connectivity index (χ1n) is 13.5. The first-order valence-corrected chi connectivity index (χ1v) is 13.5. The molecule has 194 valence electrons. The summed E-state index contributed by atoms with van der Waals surface area (Å²) in [6, 6.07) is 2.61. The lowest BCUT2D eigenvalue weighted by Gasteiger charge is -2.12. The van der Waals surface area contributed by atoms with Gasteiger partial charge in [0.05, 0.1) is 15.9 Å². The van der Waals surface area contributed by atoms with E-state index in [2.05, 4.69) is 24.5 Å². The monoisotopic (exact) mass is 478 g/mol. The molecule has 0 aliphatic heterocycles. The van der Waals surface area contributed by atoms with Crippen molar-refractivity contribution in [3.8, 4) is 0 Å². The van der Waals surface area contributed by atoms with E-state index in [0.717, 1.165) is 31.7 Å². The molecule has 8 nitrogen and oxygen atoms in total. The molecule has 1 aromatic carbocycles. The lowest BCUT2D eigenvalue weighted by Crippen LogP contribution is -2.09. The van der Waals surface area contributed by atoms with E-state index in [4.69, 9.17) is 0 Å². The minimum Gasteiger partial charge on any atom is -0.379 e. The number of benzene rings is 1. The summed E-state index contributed by atoms with van der Waals surface area (Å²) < 4.78 is 0. The van der Waals surface area contributed by atoms with Crippen LogP contribution >= 0.6 is 0 Å². The molecular weight excluding hydrogens is 432 g/mol. The smallest absolute Gasteiger partial charge is 0.299 e. The van der Waals surface area contributed by atoms with E-state index < -0.39 is 9.85 Å². The molecule has 0 bridgehead atoms. The van der Waals surface area contributed by atoms with Gasteiger partial charge in [0.15, 0.2) is 0 Å². The number of nitro groups is 2. The molecule has 0 aromatic heterocycles. The van der Waals surface area contributed by atoms with Gasteiger partial charge < -0.3 is 10.6 Å². The van der Waals surface area contributed by atoms with Gasteiger partial charge in [-0.05, 0) is 18.9 Å². The van der Waals surface area contributed by atoms with E-state index in [0.29, 0.717) is 24.5 Å². The van der Waals surface area contributed by atoms with Crippen molar-refractivity contribution in [3.63, 3.8) is 0 Å². The molecule has 2 N–H and O–H groups in total. The van der Waals surface area contributed by atoms with Gasteiger partial charge in [0.2, 0.25) is 0 Å². The predicted octanol–water partition coefficient (Wildman–Crippen LogP) is 8.61. The highest BCUT2D eigenvalue weighted by atomic mass is 16.6. The second-order valence-electron chi connectivity index (χ2n) is 9.20. The number of hydrogen-bond acceptors (Lipinski definition) is 6. The van der Waals surface area contributed by atoms with Crippen molar-refractivity contribution in [2.75, 3.05) is 23.7 Å². The number of nitrogens with zero attached hydrogens (tertiary/aromatic N) is 2. The third kappa shape index (κ3) is 12.8. The van der Waals surface area contributed by atoms with Crippen LogP contribution in [0.4, 0.5) is 22.7 Å². The molecule has 0 fully saturated rings. The third-order valence-corrected chi connectivity index (χ3v) is 6.20. The number of anilines is 2. The Kier molecular flexibility index (Phi) is 16.6. The van der Waals surface area contributed by atoms with Crippen LogP contribution < -0.4 is 10.6 Å². The third-order valence-electron chi connectivity index (χ3n) is 6.20. The molecule has 0 aliphatic carbocycles. The van der Waals surface area contributed by atoms with Crippen LogP contribution in [0, 0.1) is 20.2 Å². The molecule has 0 saturated heterocycles. The van der Waals surface area contributed by atoms with Gasteiger partial charge in [0.1, 0.15) is 11.4 Å². The number of hydrogen-bond donors (Lipinski definition) is 2. The maximum Gasteiger partial charge on any atom is 0.299 e. The molecule has 8 heteroatoms. The Labute approximate surface area is 205 Å². The zero-order valence-corrected chi connectivity index (χ0v) is 21.4. The Morgan fingerprint density at radius 1 is 0.559 bits per heavy atom. The van der Waals surface area contributed by atoms with Crippen LogP contribution in [-0.4, -0.2) is 22.9 Å². The van der Waals surface area contributed by atoms with Crippen molar-refractivity contribution in [1.82, 2.24) is 0 Å². The molecule has 34 heavy (non-hydrogen) atoms. The number of rotatable bonds is 22. The minimum atomic E-state index is -0.550. The topological polar surface area (TPSA) is 110 Å². The number of nitrogens with one attached hydrogen (secondary N) is 2. The van der Waals surface area contributed by atoms with Crippen molar-refractivity contribution < 1.29 is 9.85 Å². The van der Waals surface area contributed by atoms with Gasteiger partial charge in [-0.3, -0.25) is 20.2 Å². The zero-order valence-electron chi connectivity index (χ0n) is 21.4. The van der Waals surface area contributed by atoms with E-state index in [9.17, 15) is 20.2 Å². The van der Waals surface area contributed by atoms with Gasteiger partial charge in [0.25, 0.3) is 11.4 Å². The van der Waals surface area contributed by atoms with E-state index in [1.54, 1.807) is 0 Å². The van der Waals surface area contributed by atoms with Crippen LogP contribution in [-0.2, 0) is 0 Å². The summed E-state index contributed by atoms with van der Waals surface area (Å²) in [5.41, 5.74) is 0.196. The lowest BCUT2D eigenvalue weighted by molar-refractivity contribution is -0.393. The van der Waals surface area contributed by atoms with E-state index >= 15 is 0 Å². The Morgan fingerprint density at radius 2 is 0.882 bits per heavy atom. The maximum atomic E-state index is 11.5. The second-order valence-corrected chi connectivity index (χ2v) is 9.20. The van der Waals surface area contributed by atoms with E-state index in [1.807, 2.05) is 0 Å². The minimum absolute atomic E-state index is 0.246. The molecule has 0 unspecified atom stereocenters.